The van der Waals surface area contributed by atoms with Crippen LogP contribution in [-0.2, 0) is 16.6 Å². The van der Waals surface area contributed by atoms with Gasteiger partial charge in [0.2, 0.25) is 0 Å². The fourth-order valence-corrected chi connectivity index (χ4v) is 3.42. The molecule has 7 heteroatoms. The number of amides is 1. The first-order valence-corrected chi connectivity index (χ1v) is 9.36. The lowest BCUT2D eigenvalue weighted by Crippen LogP contribution is -2.34. The molecule has 2 aromatic carbocycles. The number of hydrogen-bond acceptors (Lipinski definition) is 3. The molecule has 0 bridgehead atoms. The van der Waals surface area contributed by atoms with Crippen molar-refractivity contribution >= 4 is 23.0 Å². The Kier molecular flexibility index (Phi) is 5.65. The van der Waals surface area contributed by atoms with Gasteiger partial charge in [0.05, 0.1) is 5.56 Å². The van der Waals surface area contributed by atoms with E-state index >= 15 is 0 Å². The zero-order chi connectivity index (χ0) is 20.4. The van der Waals surface area contributed by atoms with Gasteiger partial charge < -0.3 is 15.7 Å². The Balaban J connectivity index is 1.82. The van der Waals surface area contributed by atoms with Crippen molar-refractivity contribution in [3.05, 3.63) is 53.6 Å². The van der Waals surface area contributed by atoms with Crippen molar-refractivity contribution in [3.63, 3.8) is 0 Å². The maximum Gasteiger partial charge on any atom is 0.416 e. The molecule has 0 aromatic heterocycles. The van der Waals surface area contributed by atoms with Crippen LogP contribution < -0.4 is 10.6 Å². The summed E-state index contributed by atoms with van der Waals surface area (Å²) in [5.74, 6) is -0.463. The molecule has 1 amide bonds. The molecule has 1 unspecified atom stereocenters. The molecular weight excluding hydrogens is 369 g/mol. The van der Waals surface area contributed by atoms with Crippen molar-refractivity contribution in [2.45, 2.75) is 50.8 Å². The third-order valence-electron chi connectivity index (χ3n) is 4.96. The number of nitrogens with one attached hydrogen (secondary N) is 2. The standard InChI is InChI=1S/C21H23F3N2O2/c1-2-3-4-5-11-20(28)17-13-16(9-10-18(17)26-19(20)27)25-15-8-6-7-14(12-15)21(22,23)24/h6-10,12-13,25,28H,2-5,11H2,1H3,(H,26,27). The van der Waals surface area contributed by atoms with E-state index in [1.54, 1.807) is 18.2 Å². The summed E-state index contributed by atoms with van der Waals surface area (Å²) in [4.78, 5) is 12.3. The van der Waals surface area contributed by atoms with Gasteiger partial charge in [-0.15, -0.1) is 0 Å². The number of halogens is 3. The Morgan fingerprint density at radius 2 is 1.82 bits per heavy atom. The average Bonchev–Trinajstić information content (AvgIpc) is 2.89. The van der Waals surface area contributed by atoms with Gasteiger partial charge in [0.15, 0.2) is 5.60 Å². The van der Waals surface area contributed by atoms with Gasteiger partial charge in [-0.3, -0.25) is 4.79 Å². The van der Waals surface area contributed by atoms with Crippen LogP contribution >= 0.6 is 0 Å². The molecule has 1 heterocycles. The topological polar surface area (TPSA) is 61.4 Å². The molecule has 0 radical (unpaired) electrons. The molecule has 0 fully saturated rings. The Labute approximate surface area is 161 Å². The number of alkyl halides is 3. The van der Waals surface area contributed by atoms with Crippen LogP contribution in [0.1, 0.15) is 50.2 Å². The van der Waals surface area contributed by atoms with Crippen LogP contribution in [0, 0.1) is 0 Å². The van der Waals surface area contributed by atoms with Gasteiger partial charge in [-0.1, -0.05) is 32.3 Å². The monoisotopic (exact) mass is 392 g/mol. The minimum Gasteiger partial charge on any atom is -0.375 e. The highest BCUT2D eigenvalue weighted by atomic mass is 19.4. The number of fused-ring (bicyclic) bond motifs is 1. The average molecular weight is 392 g/mol. The first-order valence-electron chi connectivity index (χ1n) is 9.36. The molecule has 150 valence electrons. The molecule has 3 rings (SSSR count). The Morgan fingerprint density at radius 3 is 2.54 bits per heavy atom. The molecule has 28 heavy (non-hydrogen) atoms. The molecule has 0 saturated carbocycles. The van der Waals surface area contributed by atoms with Crippen LogP contribution in [0.25, 0.3) is 0 Å². The lowest BCUT2D eigenvalue weighted by atomic mass is 9.89. The number of benzene rings is 2. The van der Waals surface area contributed by atoms with E-state index in [1.165, 1.54) is 12.1 Å². The summed E-state index contributed by atoms with van der Waals surface area (Å²) in [6.45, 7) is 2.08. The van der Waals surface area contributed by atoms with Crippen LogP contribution in [-0.4, -0.2) is 11.0 Å². The zero-order valence-corrected chi connectivity index (χ0v) is 15.6. The van der Waals surface area contributed by atoms with E-state index in [0.717, 1.165) is 31.4 Å². The van der Waals surface area contributed by atoms with Crippen LogP contribution in [0.15, 0.2) is 42.5 Å². The molecule has 0 saturated heterocycles. The second-order valence-corrected chi connectivity index (χ2v) is 7.09. The summed E-state index contributed by atoms with van der Waals surface area (Å²) in [6, 6.07) is 9.80. The Bertz CT molecular complexity index is 867. The molecule has 1 atom stereocenters. The molecular formula is C21H23F3N2O2. The second-order valence-electron chi connectivity index (χ2n) is 7.09. The number of rotatable bonds is 7. The number of carbonyl (C=O) groups is 1. The van der Waals surface area contributed by atoms with Crippen LogP contribution in [0.4, 0.5) is 30.2 Å². The highest BCUT2D eigenvalue weighted by Crippen LogP contribution is 2.41. The largest absolute Gasteiger partial charge is 0.416 e. The van der Waals surface area contributed by atoms with Crippen molar-refractivity contribution in [1.29, 1.82) is 0 Å². The first-order chi connectivity index (χ1) is 13.2. The van der Waals surface area contributed by atoms with E-state index in [-0.39, 0.29) is 5.69 Å². The van der Waals surface area contributed by atoms with E-state index in [9.17, 15) is 23.1 Å². The summed E-state index contributed by atoms with van der Waals surface area (Å²) in [5, 5.41) is 16.6. The van der Waals surface area contributed by atoms with Crippen LogP contribution in [0.3, 0.4) is 0 Å². The second kappa shape index (κ2) is 7.83. The summed E-state index contributed by atoms with van der Waals surface area (Å²) < 4.78 is 38.7. The van der Waals surface area contributed by atoms with E-state index in [4.69, 9.17) is 0 Å². The molecule has 1 aliphatic rings. The fourth-order valence-electron chi connectivity index (χ4n) is 3.42. The molecule has 0 aliphatic carbocycles. The lowest BCUT2D eigenvalue weighted by Gasteiger charge is -2.21. The normalized spacial score (nSPS) is 18.7. The van der Waals surface area contributed by atoms with Crippen molar-refractivity contribution in [2.24, 2.45) is 0 Å². The Morgan fingerprint density at radius 1 is 1.07 bits per heavy atom. The summed E-state index contributed by atoms with van der Waals surface area (Å²) in [5.41, 5.74) is -0.610. The van der Waals surface area contributed by atoms with E-state index in [0.29, 0.717) is 29.8 Å². The number of hydrogen-bond donors (Lipinski definition) is 3. The molecule has 0 spiro atoms. The van der Waals surface area contributed by atoms with Crippen LogP contribution in [0.2, 0.25) is 0 Å². The van der Waals surface area contributed by atoms with Gasteiger partial charge in [0, 0.05) is 22.6 Å². The van der Waals surface area contributed by atoms with Gasteiger partial charge in [0.25, 0.3) is 5.91 Å². The maximum atomic E-state index is 12.9. The highest BCUT2D eigenvalue weighted by molar-refractivity contribution is 6.05. The number of unbranched alkanes of at least 4 members (excludes halogenated alkanes) is 3. The van der Waals surface area contributed by atoms with Gasteiger partial charge >= 0.3 is 6.18 Å². The molecule has 4 nitrogen and oxygen atoms in total. The minimum absolute atomic E-state index is 0.276. The number of aliphatic hydroxyl groups is 1. The van der Waals surface area contributed by atoms with E-state index < -0.39 is 23.2 Å². The quantitative estimate of drug-likeness (QED) is 0.541. The number of anilines is 3. The van der Waals surface area contributed by atoms with Gasteiger partial charge in [-0.05, 0) is 49.2 Å². The summed E-state index contributed by atoms with van der Waals surface area (Å²) in [7, 11) is 0. The summed E-state index contributed by atoms with van der Waals surface area (Å²) in [6.07, 6.45) is -0.413. The van der Waals surface area contributed by atoms with E-state index in [2.05, 4.69) is 17.6 Å². The van der Waals surface area contributed by atoms with Gasteiger partial charge in [0.1, 0.15) is 0 Å². The fraction of sp³-hybridized carbons (Fsp3) is 0.381. The predicted molar refractivity (Wildman–Crippen MR) is 102 cm³/mol. The van der Waals surface area contributed by atoms with Crippen molar-refractivity contribution in [2.75, 3.05) is 10.6 Å². The van der Waals surface area contributed by atoms with Gasteiger partial charge in [-0.25, -0.2) is 0 Å². The first kappa shape index (κ1) is 20.2. The highest BCUT2D eigenvalue weighted by Gasteiger charge is 2.44. The minimum atomic E-state index is -4.43. The van der Waals surface area contributed by atoms with E-state index in [1.807, 2.05) is 0 Å². The third kappa shape index (κ3) is 4.14. The van der Waals surface area contributed by atoms with Crippen LogP contribution in [0.5, 0.6) is 0 Å². The zero-order valence-electron chi connectivity index (χ0n) is 15.6. The van der Waals surface area contributed by atoms with Crippen molar-refractivity contribution < 1.29 is 23.1 Å². The van der Waals surface area contributed by atoms with Gasteiger partial charge in [-0.2, -0.15) is 13.2 Å². The Hall–Kier alpha value is -2.54. The smallest absolute Gasteiger partial charge is 0.375 e. The maximum absolute atomic E-state index is 12.9. The van der Waals surface area contributed by atoms with Crippen molar-refractivity contribution in [1.82, 2.24) is 0 Å². The van der Waals surface area contributed by atoms with Crippen molar-refractivity contribution in [3.8, 4) is 0 Å². The lowest BCUT2D eigenvalue weighted by molar-refractivity contribution is -0.137. The molecule has 3 N–H and O–H groups in total. The molecule has 2 aromatic rings. The molecule has 1 aliphatic heterocycles. The third-order valence-corrected chi connectivity index (χ3v) is 4.96. The number of carbonyl (C=O) groups excluding carboxylic acids is 1. The SMILES string of the molecule is CCCCCCC1(O)C(=O)Nc2ccc(Nc3cccc(C(F)(F)F)c3)cc21. The summed E-state index contributed by atoms with van der Waals surface area (Å²) >= 11 is 0. The predicted octanol–water partition coefficient (Wildman–Crippen LogP) is 5.56.